The molecule has 0 nitrogen and oxygen atoms in total. The zero-order valence-corrected chi connectivity index (χ0v) is 16.9. The zero-order valence-electron chi connectivity index (χ0n) is 12.4. The van der Waals surface area contributed by atoms with E-state index in [0.29, 0.717) is 12.3 Å². The minimum absolute atomic E-state index is 0.0390. The van der Waals surface area contributed by atoms with Crippen LogP contribution in [0.2, 0.25) is 0 Å². The van der Waals surface area contributed by atoms with Crippen molar-refractivity contribution >= 4 is 69.6 Å². The summed E-state index contributed by atoms with van der Waals surface area (Å²) in [5.41, 5.74) is 0. The van der Waals surface area contributed by atoms with Crippen LogP contribution in [0.25, 0.3) is 0 Å². The molecule has 0 heterocycles. The van der Waals surface area contributed by atoms with E-state index in [9.17, 15) is 0 Å². The van der Waals surface area contributed by atoms with E-state index < -0.39 is 3.79 Å². The van der Waals surface area contributed by atoms with E-state index >= 15 is 0 Å². The van der Waals surface area contributed by atoms with Gasteiger partial charge >= 0.3 is 0 Å². The maximum absolute atomic E-state index is 6.13. The second-order valence-electron chi connectivity index (χ2n) is 5.57. The Morgan fingerprint density at radius 1 is 0.619 bits per heavy atom. The Hall–Kier alpha value is 1.74. The molecule has 0 radical (unpaired) electrons. The smallest absolute Gasteiger partial charge is 0.125 e. The number of alkyl halides is 6. The van der Waals surface area contributed by atoms with E-state index in [4.69, 9.17) is 69.6 Å². The van der Waals surface area contributed by atoms with Crippen molar-refractivity contribution in [3.63, 3.8) is 0 Å². The maximum atomic E-state index is 6.13. The Balaban J connectivity index is 3.22. The summed E-state index contributed by atoms with van der Waals surface area (Å²) in [7, 11) is 0. The molecule has 0 rings (SSSR count). The van der Waals surface area contributed by atoms with Crippen LogP contribution in [-0.2, 0) is 0 Å². The Labute approximate surface area is 160 Å². The van der Waals surface area contributed by atoms with Gasteiger partial charge < -0.3 is 0 Å². The van der Waals surface area contributed by atoms with Crippen molar-refractivity contribution in [2.24, 2.45) is 0 Å². The average Bonchev–Trinajstić information content (AvgIpc) is 2.38. The molecule has 0 fully saturated rings. The number of hydrogen-bond donors (Lipinski definition) is 0. The summed E-state index contributed by atoms with van der Waals surface area (Å²) in [4.78, 5) is 0. The summed E-state index contributed by atoms with van der Waals surface area (Å²) in [5.74, 6) is 0.557. The summed E-state index contributed by atoms with van der Waals surface area (Å²) < 4.78 is -1.22. The van der Waals surface area contributed by atoms with Crippen LogP contribution in [0, 0.1) is 0 Å². The van der Waals surface area contributed by atoms with Crippen LogP contribution in [0.5, 0.6) is 0 Å². The third kappa shape index (κ3) is 17.9. The van der Waals surface area contributed by atoms with Gasteiger partial charge in [-0.05, 0) is 12.8 Å². The van der Waals surface area contributed by atoms with Crippen LogP contribution in [0.15, 0.2) is 0 Å². The van der Waals surface area contributed by atoms with Gasteiger partial charge in [-0.15, -0.1) is 34.8 Å². The minimum Gasteiger partial charge on any atom is -0.125 e. The van der Waals surface area contributed by atoms with E-state index in [1.165, 1.54) is 44.9 Å². The molecule has 0 N–H and O–H groups in total. The minimum atomic E-state index is -1.22. The second kappa shape index (κ2) is 14.1. The molecular weight excluding hydrogens is 393 g/mol. The van der Waals surface area contributed by atoms with Crippen LogP contribution >= 0.6 is 69.6 Å². The molecule has 128 valence electrons. The third-order valence-electron chi connectivity index (χ3n) is 3.41. The van der Waals surface area contributed by atoms with Gasteiger partial charge in [0.25, 0.3) is 0 Å². The van der Waals surface area contributed by atoms with E-state index in [1.807, 2.05) is 0 Å². The fraction of sp³-hybridized carbons (Fsp3) is 1.00. The summed E-state index contributed by atoms with van der Waals surface area (Å²) >= 11 is 34.9. The lowest BCUT2D eigenvalue weighted by Gasteiger charge is -2.15. The van der Waals surface area contributed by atoms with Crippen LogP contribution in [0.1, 0.15) is 70.6 Å². The van der Waals surface area contributed by atoms with Crippen molar-refractivity contribution in [1.82, 2.24) is 0 Å². The van der Waals surface area contributed by atoms with Gasteiger partial charge in [-0.2, -0.15) is 0 Å². The SMILES string of the molecule is ClCC(Cl)CCCCCCCCCCC(Cl)CC(Cl)(Cl)Cl. The van der Waals surface area contributed by atoms with Crippen molar-refractivity contribution in [2.75, 3.05) is 5.88 Å². The predicted octanol–water partition coefficient (Wildman–Crippen LogP) is 8.10. The van der Waals surface area contributed by atoms with Gasteiger partial charge in [0.15, 0.2) is 3.79 Å². The highest BCUT2D eigenvalue weighted by Gasteiger charge is 2.23. The van der Waals surface area contributed by atoms with Crippen LogP contribution in [0.4, 0.5) is 0 Å². The number of unbranched alkanes of at least 4 members (excludes halogenated alkanes) is 7. The lowest BCUT2D eigenvalue weighted by Crippen LogP contribution is -2.11. The van der Waals surface area contributed by atoms with Gasteiger partial charge in [0.1, 0.15) is 0 Å². The number of halogens is 6. The maximum Gasteiger partial charge on any atom is 0.192 e. The molecule has 2 unspecified atom stereocenters. The van der Waals surface area contributed by atoms with Gasteiger partial charge in [-0.1, -0.05) is 86.2 Å². The molecule has 0 aromatic rings. The molecule has 21 heavy (non-hydrogen) atoms. The van der Waals surface area contributed by atoms with Gasteiger partial charge in [-0.3, -0.25) is 0 Å². The van der Waals surface area contributed by atoms with Crippen molar-refractivity contribution < 1.29 is 0 Å². The molecule has 6 heteroatoms. The quantitative estimate of drug-likeness (QED) is 0.209. The standard InChI is InChI=1S/C15H26Cl6/c16-12-14(18)10-8-6-4-2-1-3-5-7-9-13(17)11-15(19,20)21/h13-14H,1-12H2. The predicted molar refractivity (Wildman–Crippen MR) is 101 cm³/mol. The number of rotatable bonds is 13. The largest absolute Gasteiger partial charge is 0.192 e. The molecule has 0 spiro atoms. The summed E-state index contributed by atoms with van der Waals surface area (Å²) in [6.45, 7) is 0. The van der Waals surface area contributed by atoms with E-state index in [1.54, 1.807) is 0 Å². The monoisotopic (exact) mass is 416 g/mol. The van der Waals surface area contributed by atoms with Crippen molar-refractivity contribution in [1.29, 1.82) is 0 Å². The third-order valence-corrected chi connectivity index (χ3v) is 5.14. The topological polar surface area (TPSA) is 0 Å². The Kier molecular flexibility index (Phi) is 15.3. The lowest BCUT2D eigenvalue weighted by molar-refractivity contribution is 0.543. The molecule has 2 atom stereocenters. The van der Waals surface area contributed by atoms with E-state index in [2.05, 4.69) is 0 Å². The van der Waals surface area contributed by atoms with Crippen molar-refractivity contribution in [3.8, 4) is 0 Å². The molecule has 0 bridgehead atoms. The fourth-order valence-corrected chi connectivity index (χ4v) is 3.71. The van der Waals surface area contributed by atoms with Crippen molar-refractivity contribution in [2.45, 2.75) is 85.2 Å². The first-order valence-electron chi connectivity index (χ1n) is 7.76. The van der Waals surface area contributed by atoms with Crippen LogP contribution in [-0.4, -0.2) is 20.4 Å². The Morgan fingerprint density at radius 3 is 1.38 bits per heavy atom. The van der Waals surface area contributed by atoms with E-state index in [0.717, 1.165) is 19.3 Å². The van der Waals surface area contributed by atoms with Gasteiger partial charge in [0.05, 0.1) is 0 Å². The number of hydrogen-bond acceptors (Lipinski definition) is 0. The molecule has 0 aromatic carbocycles. The normalized spacial score (nSPS) is 15.1. The van der Waals surface area contributed by atoms with Gasteiger partial charge in [0, 0.05) is 23.1 Å². The highest BCUT2D eigenvalue weighted by atomic mass is 35.6. The average molecular weight is 419 g/mol. The first-order valence-corrected chi connectivity index (χ1v) is 10.3. The first-order chi connectivity index (χ1) is 9.85. The Bertz CT molecular complexity index is 229. The summed E-state index contributed by atoms with van der Waals surface area (Å²) in [6, 6.07) is 0. The summed E-state index contributed by atoms with van der Waals surface area (Å²) in [6.07, 6.45) is 12.3. The molecular formula is C15H26Cl6. The van der Waals surface area contributed by atoms with Crippen LogP contribution < -0.4 is 0 Å². The molecule has 0 aromatic heterocycles. The van der Waals surface area contributed by atoms with E-state index in [-0.39, 0.29) is 10.8 Å². The van der Waals surface area contributed by atoms with Crippen LogP contribution in [0.3, 0.4) is 0 Å². The second-order valence-corrected chi connectivity index (χ2v) is 9.63. The summed E-state index contributed by atoms with van der Waals surface area (Å²) in [5, 5.41) is 0.103. The van der Waals surface area contributed by atoms with Gasteiger partial charge in [-0.25, -0.2) is 0 Å². The molecule has 0 saturated carbocycles. The molecule has 0 aliphatic rings. The highest BCUT2D eigenvalue weighted by Crippen LogP contribution is 2.34. The Morgan fingerprint density at radius 2 is 1.00 bits per heavy atom. The molecule has 0 saturated heterocycles. The molecule has 0 amide bonds. The molecule has 0 aliphatic carbocycles. The zero-order chi connectivity index (χ0) is 16.1. The fourth-order valence-electron chi connectivity index (χ4n) is 2.22. The van der Waals surface area contributed by atoms with Gasteiger partial charge in [0.2, 0.25) is 0 Å². The van der Waals surface area contributed by atoms with Crippen molar-refractivity contribution in [3.05, 3.63) is 0 Å². The lowest BCUT2D eigenvalue weighted by atomic mass is 10.0. The first kappa shape index (κ1) is 22.7. The molecule has 0 aliphatic heterocycles. The highest BCUT2D eigenvalue weighted by molar-refractivity contribution is 6.67.